The van der Waals surface area contributed by atoms with Gasteiger partial charge in [-0.2, -0.15) is 10.7 Å². The fourth-order valence-corrected chi connectivity index (χ4v) is 1.87. The van der Waals surface area contributed by atoms with Crippen LogP contribution in [0.15, 0.2) is 53.6 Å². The molecule has 0 saturated heterocycles. The van der Waals surface area contributed by atoms with Crippen LogP contribution in [-0.4, -0.2) is 38.7 Å². The van der Waals surface area contributed by atoms with E-state index in [2.05, 4.69) is 10.4 Å². The number of hydrazone groups is 1. The Bertz CT molecular complexity index is 641. The van der Waals surface area contributed by atoms with Crippen LogP contribution in [0.2, 0.25) is 0 Å². The molecular formula is C18H23N3O5. The van der Waals surface area contributed by atoms with Crippen LogP contribution >= 0.6 is 0 Å². The Morgan fingerprint density at radius 1 is 1.00 bits per heavy atom. The first-order chi connectivity index (χ1) is 12.7. The van der Waals surface area contributed by atoms with E-state index >= 15 is 0 Å². The molecule has 8 nitrogen and oxygen atoms in total. The second-order valence-corrected chi connectivity index (χ2v) is 4.73. The van der Waals surface area contributed by atoms with Gasteiger partial charge in [0.05, 0.1) is 27.8 Å². The number of anilines is 1. The summed E-state index contributed by atoms with van der Waals surface area (Å²) in [5, 5.41) is 14.2. The number of carbonyl (C=O) groups excluding carboxylic acids is 1. The third kappa shape index (κ3) is 7.10. The molecule has 0 unspecified atom stereocenters. The molecule has 140 valence electrons. The van der Waals surface area contributed by atoms with E-state index in [9.17, 15) is 4.79 Å². The molecule has 2 rings (SSSR count). The highest BCUT2D eigenvalue weighted by atomic mass is 16.5. The Kier molecular flexibility index (Phi) is 9.71. The summed E-state index contributed by atoms with van der Waals surface area (Å²) in [7, 11) is 4.47. The highest BCUT2D eigenvalue weighted by molar-refractivity contribution is 6.01. The summed E-state index contributed by atoms with van der Waals surface area (Å²) in [6.07, 6.45) is 1.20. The zero-order chi connectivity index (χ0) is 19.2. The van der Waals surface area contributed by atoms with Crippen molar-refractivity contribution in [2.45, 2.75) is 6.42 Å². The number of hydrogen-bond donors (Lipinski definition) is 3. The number of carbonyl (C=O) groups is 1. The lowest BCUT2D eigenvalue weighted by Crippen LogP contribution is -2.14. The molecule has 3 N–H and O–H groups in total. The number of hydrogen-bond acceptors (Lipinski definition) is 7. The number of nitrogens with zero attached hydrogens (tertiary/aromatic N) is 1. The van der Waals surface area contributed by atoms with Crippen molar-refractivity contribution in [3.63, 3.8) is 0 Å². The molecule has 0 fully saturated rings. The Morgan fingerprint density at radius 3 is 1.88 bits per heavy atom. The number of amides is 1. The molecule has 0 aliphatic carbocycles. The van der Waals surface area contributed by atoms with Gasteiger partial charge in [0.2, 0.25) is 5.91 Å². The van der Waals surface area contributed by atoms with E-state index in [-0.39, 0.29) is 12.3 Å². The van der Waals surface area contributed by atoms with Crippen molar-refractivity contribution in [1.82, 2.24) is 5.59 Å². The van der Waals surface area contributed by atoms with Crippen LogP contribution in [0.3, 0.4) is 0 Å². The van der Waals surface area contributed by atoms with Gasteiger partial charge >= 0.3 is 0 Å². The molecule has 0 bridgehead atoms. The van der Waals surface area contributed by atoms with Gasteiger partial charge in [-0.1, -0.05) is 36.4 Å². The first-order valence-electron chi connectivity index (χ1n) is 7.66. The summed E-state index contributed by atoms with van der Waals surface area (Å²) >= 11 is 0. The quantitative estimate of drug-likeness (QED) is 0.518. The Labute approximate surface area is 152 Å². The van der Waals surface area contributed by atoms with Crippen LogP contribution in [0, 0.1) is 0 Å². The highest BCUT2D eigenvalue weighted by Crippen LogP contribution is 2.38. The standard InChI is InChI=1S/C12H17N3O5.C6H6/c1-18-8-6-9(19-2)12(10(7-8)20-3)14-11(16)4-5-13-15-17;1-2-4-6-5-3-1/h5-7,15,17H,4H2,1-3H3,(H,14,16);1-6H. The minimum absolute atomic E-state index is 0.0219. The maximum atomic E-state index is 11.7. The summed E-state index contributed by atoms with van der Waals surface area (Å²) < 4.78 is 15.5. The first kappa shape index (κ1) is 20.8. The van der Waals surface area contributed by atoms with E-state index in [0.29, 0.717) is 22.9 Å². The van der Waals surface area contributed by atoms with Gasteiger partial charge in [0.15, 0.2) is 0 Å². The van der Waals surface area contributed by atoms with Gasteiger partial charge in [-0.15, -0.1) is 0 Å². The van der Waals surface area contributed by atoms with E-state index in [1.165, 1.54) is 27.5 Å². The van der Waals surface area contributed by atoms with Crippen molar-refractivity contribution in [3.05, 3.63) is 48.5 Å². The zero-order valence-electron chi connectivity index (χ0n) is 14.9. The van der Waals surface area contributed by atoms with Crippen molar-refractivity contribution >= 4 is 17.8 Å². The molecule has 2 aromatic carbocycles. The smallest absolute Gasteiger partial charge is 0.230 e. The van der Waals surface area contributed by atoms with Gasteiger partial charge in [-0.05, 0) is 0 Å². The van der Waals surface area contributed by atoms with Crippen molar-refractivity contribution in [2.24, 2.45) is 5.10 Å². The van der Waals surface area contributed by atoms with E-state index in [0.717, 1.165) is 0 Å². The predicted octanol–water partition coefficient (Wildman–Crippen LogP) is 2.69. The predicted molar refractivity (Wildman–Crippen MR) is 99.2 cm³/mol. The minimum Gasteiger partial charge on any atom is -0.496 e. The molecule has 26 heavy (non-hydrogen) atoms. The fraction of sp³-hybridized carbons (Fsp3) is 0.222. The molecule has 0 atom stereocenters. The average Bonchev–Trinajstić information content (AvgIpc) is 2.70. The lowest BCUT2D eigenvalue weighted by Gasteiger charge is -2.15. The van der Waals surface area contributed by atoms with Crippen molar-refractivity contribution in [1.29, 1.82) is 0 Å². The van der Waals surface area contributed by atoms with Crippen molar-refractivity contribution in [2.75, 3.05) is 26.6 Å². The third-order valence-corrected chi connectivity index (χ3v) is 3.07. The maximum absolute atomic E-state index is 11.7. The summed E-state index contributed by atoms with van der Waals surface area (Å²) in [4.78, 5) is 11.7. The highest BCUT2D eigenvalue weighted by Gasteiger charge is 2.15. The van der Waals surface area contributed by atoms with Crippen molar-refractivity contribution < 1.29 is 24.2 Å². The SMILES string of the molecule is COc1cc(OC)c(NC(=O)CC=NNO)c(OC)c1.c1ccccc1. The van der Waals surface area contributed by atoms with E-state index < -0.39 is 0 Å². The van der Waals surface area contributed by atoms with Crippen LogP contribution in [0.4, 0.5) is 5.69 Å². The van der Waals surface area contributed by atoms with Crippen LogP contribution in [0.25, 0.3) is 0 Å². The third-order valence-electron chi connectivity index (χ3n) is 3.07. The number of ether oxygens (including phenoxy) is 3. The van der Waals surface area contributed by atoms with Gasteiger partial charge in [0, 0.05) is 18.3 Å². The summed E-state index contributed by atoms with van der Waals surface area (Å²) in [5.74, 6) is 1.02. The fourth-order valence-electron chi connectivity index (χ4n) is 1.87. The zero-order valence-corrected chi connectivity index (χ0v) is 14.9. The molecule has 0 radical (unpaired) electrons. The molecule has 1 amide bonds. The lowest BCUT2D eigenvalue weighted by molar-refractivity contribution is -0.115. The summed E-state index contributed by atoms with van der Waals surface area (Å²) in [6.45, 7) is 0. The first-order valence-corrected chi connectivity index (χ1v) is 7.66. The number of benzene rings is 2. The normalized spacial score (nSPS) is 9.69. The van der Waals surface area contributed by atoms with Crippen LogP contribution in [0.5, 0.6) is 17.2 Å². The Balaban J connectivity index is 0.000000472. The molecule has 8 heteroatoms. The topological polar surface area (TPSA) is 101 Å². The molecule has 0 aromatic heterocycles. The van der Waals surface area contributed by atoms with Crippen LogP contribution in [-0.2, 0) is 4.79 Å². The van der Waals surface area contributed by atoms with Gasteiger partial charge in [0.25, 0.3) is 0 Å². The minimum atomic E-state index is -0.342. The molecule has 0 heterocycles. The number of methoxy groups -OCH3 is 3. The second kappa shape index (κ2) is 12.2. The van der Waals surface area contributed by atoms with Crippen molar-refractivity contribution in [3.8, 4) is 17.2 Å². The lowest BCUT2D eigenvalue weighted by atomic mass is 10.2. The molecule has 2 aromatic rings. The molecule has 0 saturated carbocycles. The largest absolute Gasteiger partial charge is 0.496 e. The molecule has 0 aliphatic heterocycles. The molecule has 0 aliphatic rings. The summed E-state index contributed by atoms with van der Waals surface area (Å²) in [6, 6.07) is 15.3. The van der Waals surface area contributed by atoms with Crippen LogP contribution < -0.4 is 25.1 Å². The van der Waals surface area contributed by atoms with Gasteiger partial charge in [-0.3, -0.25) is 10.0 Å². The van der Waals surface area contributed by atoms with Crippen LogP contribution in [0.1, 0.15) is 6.42 Å². The average molecular weight is 361 g/mol. The monoisotopic (exact) mass is 361 g/mol. The maximum Gasteiger partial charge on any atom is 0.230 e. The Hall–Kier alpha value is -3.26. The second-order valence-electron chi connectivity index (χ2n) is 4.73. The van der Waals surface area contributed by atoms with E-state index in [1.54, 1.807) is 17.7 Å². The molecule has 0 spiro atoms. The van der Waals surface area contributed by atoms with E-state index in [1.807, 2.05) is 36.4 Å². The van der Waals surface area contributed by atoms with Gasteiger partial charge in [0.1, 0.15) is 22.9 Å². The van der Waals surface area contributed by atoms with Gasteiger partial charge in [-0.25, -0.2) is 0 Å². The Morgan fingerprint density at radius 2 is 1.50 bits per heavy atom. The van der Waals surface area contributed by atoms with Gasteiger partial charge < -0.3 is 19.5 Å². The summed E-state index contributed by atoms with van der Waals surface area (Å²) in [5.41, 5.74) is 1.97. The number of nitrogens with one attached hydrogen (secondary N) is 2. The van der Waals surface area contributed by atoms with E-state index in [4.69, 9.17) is 19.4 Å². The molecular weight excluding hydrogens is 338 g/mol. The number of rotatable bonds is 7.